The molecule has 18 heavy (non-hydrogen) atoms. The highest BCUT2D eigenvalue weighted by atomic mass is 32.1. The molecule has 2 aromatic heterocycles. The summed E-state index contributed by atoms with van der Waals surface area (Å²) in [6, 6.07) is 4.07. The van der Waals surface area contributed by atoms with Crippen LogP contribution in [-0.2, 0) is 15.9 Å². The van der Waals surface area contributed by atoms with Gasteiger partial charge in [0.2, 0.25) is 0 Å². The lowest BCUT2D eigenvalue weighted by Gasteiger charge is -1.98. The molecule has 0 N–H and O–H groups in total. The standard InChI is InChI=1S/C10H6N5OS2/c1-6(18-16)10-7(2-11)9(8(3-12)17-10)15-5-13-4-14-15/h4-6H,1H3/q+1. The first-order valence-electron chi connectivity index (χ1n) is 4.83. The second-order valence-electron chi connectivity index (χ2n) is 3.32. The zero-order valence-corrected chi connectivity index (χ0v) is 10.8. The Morgan fingerprint density at radius 3 is 2.78 bits per heavy atom. The Morgan fingerprint density at radius 2 is 2.28 bits per heavy atom. The number of rotatable bonds is 3. The lowest BCUT2D eigenvalue weighted by atomic mass is 10.2. The highest BCUT2D eigenvalue weighted by molar-refractivity contribution is 7.66. The van der Waals surface area contributed by atoms with Crippen molar-refractivity contribution in [1.82, 2.24) is 14.8 Å². The zero-order chi connectivity index (χ0) is 13.1. The molecule has 0 amide bonds. The molecule has 6 nitrogen and oxygen atoms in total. The Morgan fingerprint density at radius 1 is 1.50 bits per heavy atom. The van der Waals surface area contributed by atoms with E-state index in [9.17, 15) is 9.47 Å². The number of thiophene rings is 1. The van der Waals surface area contributed by atoms with Crippen LogP contribution in [0.25, 0.3) is 5.69 Å². The van der Waals surface area contributed by atoms with Gasteiger partial charge >= 0.3 is 11.7 Å². The van der Waals surface area contributed by atoms with Crippen LogP contribution in [-0.4, -0.2) is 14.8 Å². The zero-order valence-electron chi connectivity index (χ0n) is 9.19. The topological polar surface area (TPSA) is 95.4 Å². The first-order chi connectivity index (χ1) is 8.72. The van der Waals surface area contributed by atoms with Gasteiger partial charge in [0.15, 0.2) is 0 Å². The summed E-state index contributed by atoms with van der Waals surface area (Å²) in [5.41, 5.74) is 0.719. The first kappa shape index (κ1) is 12.3. The van der Waals surface area contributed by atoms with Gasteiger partial charge in [0.05, 0.1) is 10.4 Å². The lowest BCUT2D eigenvalue weighted by molar-refractivity contribution is 0.601. The third kappa shape index (κ3) is 1.88. The van der Waals surface area contributed by atoms with E-state index in [-0.39, 0.29) is 5.25 Å². The van der Waals surface area contributed by atoms with Gasteiger partial charge in [-0.1, -0.05) is 0 Å². The predicted molar refractivity (Wildman–Crippen MR) is 65.1 cm³/mol. The molecular weight excluding hydrogens is 270 g/mol. The van der Waals surface area contributed by atoms with Crippen LogP contribution in [0.2, 0.25) is 0 Å². The molecule has 0 radical (unpaired) electrons. The van der Waals surface area contributed by atoms with E-state index in [1.165, 1.54) is 17.3 Å². The van der Waals surface area contributed by atoms with Crippen LogP contribution < -0.4 is 0 Å². The monoisotopic (exact) mass is 276 g/mol. The predicted octanol–water partition coefficient (Wildman–Crippen LogP) is 1.56. The van der Waals surface area contributed by atoms with Crippen molar-refractivity contribution in [3.05, 3.63) is 28.0 Å². The number of aromatic nitrogens is 3. The van der Waals surface area contributed by atoms with E-state index in [1.54, 1.807) is 6.92 Å². The van der Waals surface area contributed by atoms with Crippen molar-refractivity contribution < 1.29 is 4.21 Å². The number of nitriles is 2. The molecule has 1 unspecified atom stereocenters. The molecule has 0 saturated heterocycles. The van der Waals surface area contributed by atoms with Crippen LogP contribution in [0.4, 0.5) is 0 Å². The summed E-state index contributed by atoms with van der Waals surface area (Å²) >= 11 is 1.54. The first-order valence-corrected chi connectivity index (χ1v) is 6.45. The Labute approximate surface area is 111 Å². The third-order valence-electron chi connectivity index (χ3n) is 2.29. The molecule has 2 rings (SSSR count). The van der Waals surface area contributed by atoms with Crippen LogP contribution >= 0.6 is 11.3 Å². The van der Waals surface area contributed by atoms with Crippen molar-refractivity contribution >= 4 is 23.0 Å². The second-order valence-corrected chi connectivity index (χ2v) is 5.27. The number of hydrogen-bond donors (Lipinski definition) is 0. The van der Waals surface area contributed by atoms with Crippen molar-refractivity contribution in [1.29, 1.82) is 10.5 Å². The van der Waals surface area contributed by atoms with Crippen molar-refractivity contribution in [2.24, 2.45) is 0 Å². The average molecular weight is 276 g/mol. The number of hydrogen-bond acceptors (Lipinski definition) is 6. The molecule has 8 heteroatoms. The van der Waals surface area contributed by atoms with Crippen LogP contribution in [0.5, 0.6) is 0 Å². The largest absolute Gasteiger partial charge is 0.467 e. The molecule has 0 spiro atoms. The Hall–Kier alpha value is -2.16. The number of nitrogens with zero attached hydrogens (tertiary/aromatic N) is 5. The summed E-state index contributed by atoms with van der Waals surface area (Å²) in [6.07, 6.45) is 2.74. The lowest BCUT2D eigenvalue weighted by Crippen LogP contribution is -1.99. The average Bonchev–Trinajstić information content (AvgIpc) is 3.03. The molecule has 0 bridgehead atoms. The maximum absolute atomic E-state index is 10.9. The minimum Gasteiger partial charge on any atom is -0.223 e. The summed E-state index contributed by atoms with van der Waals surface area (Å²) in [7, 11) is 0. The van der Waals surface area contributed by atoms with Gasteiger partial charge in [0.25, 0.3) is 5.25 Å². The molecule has 88 valence electrons. The van der Waals surface area contributed by atoms with Gasteiger partial charge in [0.1, 0.15) is 35.4 Å². The maximum atomic E-state index is 10.9. The van der Waals surface area contributed by atoms with Gasteiger partial charge in [-0.05, 0) is 0 Å². The smallest absolute Gasteiger partial charge is 0.223 e. The molecule has 0 aromatic carbocycles. The Kier molecular flexibility index (Phi) is 3.42. The molecule has 0 saturated carbocycles. The van der Waals surface area contributed by atoms with E-state index < -0.39 is 0 Å². The van der Waals surface area contributed by atoms with Crippen molar-refractivity contribution in [3.8, 4) is 17.8 Å². The Bertz CT molecular complexity index is 662. The normalized spacial score (nSPS) is 11.5. The minimum absolute atomic E-state index is 0.318. The third-order valence-corrected chi connectivity index (χ3v) is 4.22. The fraction of sp³-hybridized carbons (Fsp3) is 0.200. The SMILES string of the molecule is CC([S+]=O)c1sc(C#N)c(-n2cncn2)c1C#N. The van der Waals surface area contributed by atoms with Gasteiger partial charge in [-0.15, -0.1) is 11.3 Å². The van der Waals surface area contributed by atoms with Gasteiger partial charge < -0.3 is 0 Å². The second kappa shape index (κ2) is 5.00. The highest BCUT2D eigenvalue weighted by Gasteiger charge is 2.29. The molecule has 0 fully saturated rings. The van der Waals surface area contributed by atoms with Gasteiger partial charge in [0, 0.05) is 11.1 Å². The van der Waals surface area contributed by atoms with Crippen molar-refractivity contribution in [2.75, 3.05) is 0 Å². The van der Waals surface area contributed by atoms with Gasteiger partial charge in [-0.2, -0.15) is 15.6 Å². The molecule has 2 aromatic rings. The molecule has 1 atom stereocenters. The van der Waals surface area contributed by atoms with E-state index in [2.05, 4.69) is 10.1 Å². The summed E-state index contributed by atoms with van der Waals surface area (Å²) in [5.74, 6) is 0. The fourth-order valence-corrected chi connectivity index (χ4v) is 2.93. The summed E-state index contributed by atoms with van der Waals surface area (Å²) in [5, 5.41) is 21.9. The summed E-state index contributed by atoms with van der Waals surface area (Å²) in [6.45, 7) is 1.70. The van der Waals surface area contributed by atoms with Crippen LogP contribution in [0.3, 0.4) is 0 Å². The molecule has 0 aliphatic heterocycles. The van der Waals surface area contributed by atoms with Crippen molar-refractivity contribution in [3.63, 3.8) is 0 Å². The highest BCUT2D eigenvalue weighted by Crippen LogP contribution is 2.35. The molecule has 0 aliphatic carbocycles. The molecule has 2 heterocycles. The van der Waals surface area contributed by atoms with Crippen LogP contribution in [0, 0.1) is 22.7 Å². The summed E-state index contributed by atoms with van der Waals surface area (Å²) < 4.78 is 12.3. The van der Waals surface area contributed by atoms with Crippen LogP contribution in [0.15, 0.2) is 12.7 Å². The summed E-state index contributed by atoms with van der Waals surface area (Å²) in [4.78, 5) is 4.75. The van der Waals surface area contributed by atoms with Crippen LogP contribution in [0.1, 0.15) is 27.5 Å². The fourth-order valence-electron chi connectivity index (χ4n) is 1.50. The minimum atomic E-state index is -0.381. The molecular formula is C10H6N5OS2+. The molecule has 0 aliphatic rings. The Balaban J connectivity index is 2.73. The van der Waals surface area contributed by atoms with E-state index in [0.29, 0.717) is 32.7 Å². The van der Waals surface area contributed by atoms with Crippen molar-refractivity contribution in [2.45, 2.75) is 12.2 Å². The van der Waals surface area contributed by atoms with E-state index in [4.69, 9.17) is 5.26 Å². The van der Waals surface area contributed by atoms with Gasteiger partial charge in [-0.3, -0.25) is 0 Å². The van der Waals surface area contributed by atoms with Gasteiger partial charge in [-0.25, -0.2) is 9.67 Å². The maximum Gasteiger partial charge on any atom is 0.467 e. The van der Waals surface area contributed by atoms with E-state index in [0.717, 1.165) is 11.3 Å². The quantitative estimate of drug-likeness (QED) is 0.793. The van der Waals surface area contributed by atoms with E-state index in [1.807, 2.05) is 12.1 Å². The van der Waals surface area contributed by atoms with E-state index >= 15 is 0 Å².